The summed E-state index contributed by atoms with van der Waals surface area (Å²) >= 11 is 6.06. The molecule has 3 rings (SSSR count). The molecule has 2 heterocycles. The number of alkyl halides is 3. The molecule has 1 unspecified atom stereocenters. The largest absolute Gasteiger partial charge is 0.471 e. The van der Waals surface area contributed by atoms with E-state index >= 15 is 0 Å². The van der Waals surface area contributed by atoms with Crippen LogP contribution in [0.5, 0.6) is 0 Å². The molecule has 0 N–H and O–H groups in total. The number of hydrogen-bond acceptors (Lipinski definition) is 3. The van der Waals surface area contributed by atoms with Crippen LogP contribution in [0.25, 0.3) is 0 Å². The first-order valence-electron chi connectivity index (χ1n) is 8.49. The van der Waals surface area contributed by atoms with Gasteiger partial charge in [0.1, 0.15) is 5.60 Å². The highest BCUT2D eigenvalue weighted by atomic mass is 35.5. The van der Waals surface area contributed by atoms with Gasteiger partial charge in [-0.1, -0.05) is 11.6 Å². The van der Waals surface area contributed by atoms with Crippen LogP contribution in [0, 0.1) is 0 Å². The molecule has 1 saturated heterocycles. The van der Waals surface area contributed by atoms with E-state index in [4.69, 9.17) is 16.3 Å². The summed E-state index contributed by atoms with van der Waals surface area (Å²) in [5.74, 6) is -1.92. The molecule has 1 atom stereocenters. The molecule has 0 saturated carbocycles. The maximum Gasteiger partial charge on any atom is 0.471 e. The minimum absolute atomic E-state index is 0.152. The predicted octanol–water partition coefficient (Wildman–Crippen LogP) is 4.13. The number of halogens is 4. The first-order valence-corrected chi connectivity index (χ1v) is 8.87. The molecule has 2 aliphatic rings. The molecular weight excluding hydrogens is 385 g/mol. The van der Waals surface area contributed by atoms with Gasteiger partial charge >= 0.3 is 18.2 Å². The molecule has 1 aromatic rings. The van der Waals surface area contributed by atoms with Crippen LogP contribution >= 0.6 is 11.6 Å². The van der Waals surface area contributed by atoms with E-state index in [9.17, 15) is 22.8 Å². The van der Waals surface area contributed by atoms with E-state index in [-0.39, 0.29) is 18.8 Å². The van der Waals surface area contributed by atoms with Gasteiger partial charge < -0.3 is 14.5 Å². The van der Waals surface area contributed by atoms with Gasteiger partial charge in [-0.3, -0.25) is 4.79 Å². The van der Waals surface area contributed by atoms with Gasteiger partial charge in [-0.15, -0.1) is 0 Å². The fourth-order valence-corrected chi connectivity index (χ4v) is 3.85. The number of amides is 2. The molecule has 0 aromatic heterocycles. The number of hydrogen-bond donors (Lipinski definition) is 0. The Morgan fingerprint density at radius 2 is 1.85 bits per heavy atom. The van der Waals surface area contributed by atoms with Crippen molar-refractivity contribution in [2.24, 2.45) is 0 Å². The lowest BCUT2D eigenvalue weighted by molar-refractivity contribution is -0.170. The fraction of sp³-hybridized carbons (Fsp3) is 0.556. The van der Waals surface area contributed by atoms with Gasteiger partial charge in [-0.25, -0.2) is 4.79 Å². The third kappa shape index (κ3) is 3.72. The summed E-state index contributed by atoms with van der Waals surface area (Å²) in [6.07, 6.45) is -5.09. The Morgan fingerprint density at radius 3 is 2.44 bits per heavy atom. The number of ether oxygens (including phenoxy) is 1. The molecule has 2 aliphatic heterocycles. The maximum absolute atomic E-state index is 13.0. The summed E-state index contributed by atoms with van der Waals surface area (Å²) in [4.78, 5) is 26.5. The summed E-state index contributed by atoms with van der Waals surface area (Å²) in [5.41, 5.74) is -0.730. The van der Waals surface area contributed by atoms with Crippen molar-refractivity contribution in [1.29, 1.82) is 0 Å². The quantitative estimate of drug-likeness (QED) is 0.653. The second-order valence-electron chi connectivity index (χ2n) is 7.98. The molecule has 0 radical (unpaired) electrons. The molecule has 1 spiro atoms. The van der Waals surface area contributed by atoms with Crippen LogP contribution in [-0.2, 0) is 14.9 Å². The molecule has 0 aliphatic carbocycles. The van der Waals surface area contributed by atoms with E-state index in [1.54, 1.807) is 26.8 Å². The molecule has 9 heteroatoms. The number of carbonyl (C=O) groups excluding carboxylic acids is 2. The van der Waals surface area contributed by atoms with E-state index < -0.39 is 29.2 Å². The van der Waals surface area contributed by atoms with E-state index in [2.05, 4.69) is 0 Å². The SMILES string of the molecule is CC(C)(C)OC(=O)N1CCC2(C1)CN(C(=O)C(F)(F)F)c1ccc(Cl)cc12. The Morgan fingerprint density at radius 1 is 1.19 bits per heavy atom. The standard InChI is InChI=1S/C18H20ClF3N2O3/c1-16(2,3)27-15(26)23-7-6-17(9-23)10-24(14(25)18(20,21)22)13-5-4-11(19)8-12(13)17/h4-5,8H,6-7,9-10H2,1-3H3. The van der Waals surface area contributed by atoms with Gasteiger partial charge in [0.25, 0.3) is 0 Å². The number of benzene rings is 1. The Hall–Kier alpha value is -1.96. The zero-order valence-corrected chi connectivity index (χ0v) is 15.9. The molecule has 2 amide bonds. The van der Waals surface area contributed by atoms with E-state index in [1.165, 1.54) is 17.0 Å². The van der Waals surface area contributed by atoms with E-state index in [0.717, 1.165) is 4.90 Å². The number of carbonyl (C=O) groups is 2. The van der Waals surface area contributed by atoms with Crippen molar-refractivity contribution in [3.63, 3.8) is 0 Å². The minimum atomic E-state index is -4.98. The topological polar surface area (TPSA) is 49.9 Å². The summed E-state index contributed by atoms with van der Waals surface area (Å²) < 4.78 is 44.5. The zero-order valence-electron chi connectivity index (χ0n) is 15.2. The number of anilines is 1. The van der Waals surface area contributed by atoms with Crippen molar-refractivity contribution in [1.82, 2.24) is 4.90 Å². The zero-order chi connectivity index (χ0) is 20.2. The fourth-order valence-electron chi connectivity index (χ4n) is 3.68. The average Bonchev–Trinajstić information content (AvgIpc) is 3.07. The van der Waals surface area contributed by atoms with Crippen LogP contribution in [0.15, 0.2) is 18.2 Å². The normalized spacial score (nSPS) is 22.3. The van der Waals surface area contributed by atoms with E-state index in [1.807, 2.05) is 0 Å². The highest BCUT2D eigenvalue weighted by Gasteiger charge is 2.54. The van der Waals surface area contributed by atoms with Crippen LogP contribution < -0.4 is 4.90 Å². The summed E-state index contributed by atoms with van der Waals surface area (Å²) in [6, 6.07) is 4.46. The van der Waals surface area contributed by atoms with Gasteiger partial charge in [0, 0.05) is 35.8 Å². The second-order valence-corrected chi connectivity index (χ2v) is 8.42. The number of likely N-dealkylation sites (tertiary alicyclic amines) is 1. The molecule has 1 aromatic carbocycles. The molecule has 5 nitrogen and oxygen atoms in total. The maximum atomic E-state index is 13.0. The van der Waals surface area contributed by atoms with Crippen LogP contribution in [0.3, 0.4) is 0 Å². The third-order valence-corrected chi connectivity index (χ3v) is 5.01. The molecule has 27 heavy (non-hydrogen) atoms. The van der Waals surface area contributed by atoms with Crippen LogP contribution in [0.1, 0.15) is 32.8 Å². The minimum Gasteiger partial charge on any atom is -0.444 e. The van der Waals surface area contributed by atoms with Gasteiger partial charge in [-0.05, 0) is 51.0 Å². The summed E-state index contributed by atoms with van der Waals surface area (Å²) in [6.45, 7) is 5.56. The Bertz CT molecular complexity index is 791. The van der Waals surface area contributed by atoms with Crippen molar-refractivity contribution < 1.29 is 27.5 Å². The number of fused-ring (bicyclic) bond motifs is 2. The Kier molecular flexibility index (Phi) is 4.61. The van der Waals surface area contributed by atoms with Crippen LogP contribution in [-0.4, -0.2) is 48.3 Å². The monoisotopic (exact) mass is 404 g/mol. The number of rotatable bonds is 0. The number of nitrogens with zero attached hydrogens (tertiary/aromatic N) is 2. The lowest BCUT2D eigenvalue weighted by Crippen LogP contribution is -2.45. The van der Waals surface area contributed by atoms with Gasteiger partial charge in [0.05, 0.1) is 0 Å². The predicted molar refractivity (Wildman–Crippen MR) is 94.0 cm³/mol. The first kappa shape index (κ1) is 19.8. The first-order chi connectivity index (χ1) is 12.3. The summed E-state index contributed by atoms with van der Waals surface area (Å²) in [7, 11) is 0. The van der Waals surface area contributed by atoms with Crippen molar-refractivity contribution in [3.05, 3.63) is 28.8 Å². The van der Waals surface area contributed by atoms with E-state index in [0.29, 0.717) is 23.6 Å². The van der Waals surface area contributed by atoms with Gasteiger partial charge in [0.15, 0.2) is 0 Å². The smallest absolute Gasteiger partial charge is 0.444 e. The van der Waals surface area contributed by atoms with Crippen molar-refractivity contribution >= 4 is 29.3 Å². The Balaban J connectivity index is 1.92. The third-order valence-electron chi connectivity index (χ3n) is 4.77. The molecule has 0 bridgehead atoms. The highest BCUT2D eigenvalue weighted by molar-refractivity contribution is 6.30. The van der Waals surface area contributed by atoms with Crippen molar-refractivity contribution in [3.8, 4) is 0 Å². The Labute approximate surface area is 160 Å². The van der Waals surface area contributed by atoms with Crippen molar-refractivity contribution in [2.45, 2.75) is 44.4 Å². The lowest BCUT2D eigenvalue weighted by atomic mass is 9.81. The van der Waals surface area contributed by atoms with Crippen LogP contribution in [0.4, 0.5) is 23.7 Å². The highest BCUT2D eigenvalue weighted by Crippen LogP contribution is 2.48. The van der Waals surface area contributed by atoms with Gasteiger partial charge in [-0.2, -0.15) is 13.2 Å². The molecule has 148 valence electrons. The average molecular weight is 405 g/mol. The lowest BCUT2D eigenvalue weighted by Gasteiger charge is -2.27. The second kappa shape index (κ2) is 6.29. The summed E-state index contributed by atoms with van der Waals surface area (Å²) in [5, 5.41) is 0.366. The molecule has 1 fully saturated rings. The van der Waals surface area contributed by atoms with Gasteiger partial charge in [0.2, 0.25) is 0 Å². The molecular formula is C18H20ClF3N2O3. The van der Waals surface area contributed by atoms with Crippen LogP contribution in [0.2, 0.25) is 5.02 Å². The van der Waals surface area contributed by atoms with Crippen molar-refractivity contribution in [2.75, 3.05) is 24.5 Å².